The Morgan fingerprint density at radius 1 is 1.05 bits per heavy atom. The number of nitrogens with one attached hydrogen (secondary N) is 1. The van der Waals surface area contributed by atoms with Crippen molar-refractivity contribution in [2.75, 3.05) is 37.7 Å². The molecule has 4 aromatic rings. The van der Waals surface area contributed by atoms with Crippen LogP contribution in [0, 0.1) is 0 Å². The maximum Gasteiger partial charge on any atom is 0.216 e. The number of benzene rings is 2. The predicted molar refractivity (Wildman–Crippen MR) is 160 cm³/mol. The van der Waals surface area contributed by atoms with Crippen molar-refractivity contribution < 1.29 is 9.84 Å². The van der Waals surface area contributed by atoms with Crippen molar-refractivity contribution in [2.24, 2.45) is 0 Å². The summed E-state index contributed by atoms with van der Waals surface area (Å²) in [7, 11) is 0. The van der Waals surface area contributed by atoms with Gasteiger partial charge in [0.05, 0.1) is 16.7 Å². The highest BCUT2D eigenvalue weighted by Crippen LogP contribution is 2.44. The molecular weight excluding hydrogens is 522 g/mol. The third kappa shape index (κ3) is 4.26. The Labute approximate surface area is 239 Å². The fourth-order valence-electron chi connectivity index (χ4n) is 7.22. The van der Waals surface area contributed by atoms with Crippen molar-refractivity contribution in [3.8, 4) is 22.8 Å². The molecule has 4 aliphatic rings. The number of hydrogen-bond acceptors (Lipinski definition) is 7. The van der Waals surface area contributed by atoms with E-state index in [1.807, 2.05) is 24.4 Å². The monoisotopic (exact) mass is 555 g/mol. The molecule has 8 heteroatoms. The maximum absolute atomic E-state index is 10.5. The molecule has 2 aromatic carbocycles. The summed E-state index contributed by atoms with van der Waals surface area (Å²) in [6.45, 7) is 4.96. The lowest BCUT2D eigenvalue weighted by atomic mass is 9.98. The number of aromatic hydroxyl groups is 1. The van der Waals surface area contributed by atoms with E-state index < -0.39 is 0 Å². The average molecular weight is 556 g/mol. The summed E-state index contributed by atoms with van der Waals surface area (Å²) in [5, 5.41) is 16.7. The summed E-state index contributed by atoms with van der Waals surface area (Å²) in [4.78, 5) is 15.1. The van der Waals surface area contributed by atoms with Gasteiger partial charge < -0.3 is 20.1 Å². The summed E-state index contributed by atoms with van der Waals surface area (Å²) >= 11 is 6.66. The minimum Gasteiger partial charge on any atom is -0.508 e. The van der Waals surface area contributed by atoms with Gasteiger partial charge in [-0.2, -0.15) is 0 Å². The Bertz CT molecular complexity index is 1600. The first-order valence-corrected chi connectivity index (χ1v) is 15.0. The SMILES string of the molecule is Oc1cc(-c2cnc3c(N4CC5CCC(C4)N5)cc(OCC4(N5CCCC5)CC4)nc3c2)c2c(Cl)cccc2c1. The van der Waals surface area contributed by atoms with E-state index in [2.05, 4.69) is 27.2 Å². The molecule has 40 heavy (non-hydrogen) atoms. The predicted octanol–water partition coefficient (Wildman–Crippen LogP) is 5.76. The number of rotatable bonds is 6. The summed E-state index contributed by atoms with van der Waals surface area (Å²) in [6, 6.07) is 14.5. The molecule has 1 aliphatic carbocycles. The Morgan fingerprint density at radius 2 is 1.85 bits per heavy atom. The van der Waals surface area contributed by atoms with Crippen LogP contribution in [0.25, 0.3) is 32.9 Å². The third-order valence-corrected chi connectivity index (χ3v) is 9.79. The molecule has 0 radical (unpaired) electrons. The number of likely N-dealkylation sites (tertiary alicyclic amines) is 1. The smallest absolute Gasteiger partial charge is 0.216 e. The first-order valence-electron chi connectivity index (χ1n) is 14.7. The van der Waals surface area contributed by atoms with Crippen molar-refractivity contribution >= 4 is 39.1 Å². The topological polar surface area (TPSA) is 73.8 Å². The second-order valence-corrected chi connectivity index (χ2v) is 12.6. The molecule has 2 N–H and O–H groups in total. The number of fused-ring (bicyclic) bond motifs is 4. The number of piperazine rings is 1. The Hall–Kier alpha value is -3.13. The average Bonchev–Trinajstić information content (AvgIpc) is 3.37. The third-order valence-electron chi connectivity index (χ3n) is 9.47. The zero-order valence-corrected chi connectivity index (χ0v) is 23.3. The van der Waals surface area contributed by atoms with Gasteiger partial charge in [0.15, 0.2) is 0 Å². The minimum atomic E-state index is 0.179. The molecule has 2 atom stereocenters. The lowest BCUT2D eigenvalue weighted by Crippen LogP contribution is -2.51. The van der Waals surface area contributed by atoms with E-state index in [1.54, 1.807) is 12.1 Å². The van der Waals surface area contributed by atoms with Gasteiger partial charge in [0.2, 0.25) is 5.88 Å². The molecule has 2 aromatic heterocycles. The van der Waals surface area contributed by atoms with Gasteiger partial charge in [0.25, 0.3) is 0 Å². The van der Waals surface area contributed by atoms with Crippen molar-refractivity contribution in [3.63, 3.8) is 0 Å². The van der Waals surface area contributed by atoms with Crippen LogP contribution in [0.15, 0.2) is 48.7 Å². The van der Waals surface area contributed by atoms with E-state index >= 15 is 0 Å². The first-order chi connectivity index (χ1) is 19.5. The molecule has 3 aliphatic heterocycles. The van der Waals surface area contributed by atoms with Crippen LogP contribution in [0.2, 0.25) is 5.02 Å². The fourth-order valence-corrected chi connectivity index (χ4v) is 7.50. The van der Waals surface area contributed by atoms with Gasteiger partial charge in [-0.15, -0.1) is 0 Å². The molecule has 5 heterocycles. The van der Waals surface area contributed by atoms with E-state index in [0.29, 0.717) is 29.6 Å². The van der Waals surface area contributed by atoms with Crippen molar-refractivity contribution in [1.29, 1.82) is 0 Å². The number of halogens is 1. The van der Waals surface area contributed by atoms with Gasteiger partial charge in [0, 0.05) is 53.4 Å². The second-order valence-electron chi connectivity index (χ2n) is 12.2. The van der Waals surface area contributed by atoms with Gasteiger partial charge in [0.1, 0.15) is 17.9 Å². The molecule has 2 bridgehead atoms. The van der Waals surface area contributed by atoms with Gasteiger partial charge in [-0.25, -0.2) is 4.98 Å². The van der Waals surface area contributed by atoms with Crippen LogP contribution in [0.4, 0.5) is 5.69 Å². The molecule has 2 unspecified atom stereocenters. The van der Waals surface area contributed by atoms with Crippen LogP contribution in [0.3, 0.4) is 0 Å². The van der Waals surface area contributed by atoms with E-state index in [1.165, 1.54) is 51.6 Å². The first kappa shape index (κ1) is 24.6. The number of phenolic OH excluding ortho intramolecular Hbond substituents is 1. The van der Waals surface area contributed by atoms with Gasteiger partial charge in [-0.05, 0) is 86.8 Å². The van der Waals surface area contributed by atoms with Crippen molar-refractivity contribution in [2.45, 2.75) is 56.1 Å². The number of anilines is 1. The molecule has 7 nitrogen and oxygen atoms in total. The van der Waals surface area contributed by atoms with E-state index in [-0.39, 0.29) is 11.3 Å². The lowest BCUT2D eigenvalue weighted by Gasteiger charge is -2.35. The zero-order valence-electron chi connectivity index (χ0n) is 22.6. The summed E-state index contributed by atoms with van der Waals surface area (Å²) < 4.78 is 6.52. The van der Waals surface area contributed by atoms with Crippen LogP contribution in [-0.4, -0.2) is 70.4 Å². The Kier molecular flexibility index (Phi) is 5.83. The number of aromatic nitrogens is 2. The van der Waals surface area contributed by atoms with Crippen LogP contribution in [0.5, 0.6) is 11.6 Å². The van der Waals surface area contributed by atoms with Crippen molar-refractivity contribution in [1.82, 2.24) is 20.2 Å². The molecule has 8 rings (SSSR count). The Morgan fingerprint density at radius 3 is 2.62 bits per heavy atom. The van der Waals surface area contributed by atoms with Crippen LogP contribution in [-0.2, 0) is 0 Å². The molecule has 3 saturated heterocycles. The standard InChI is InChI=1S/C32H34ClN5O2/c33-26-5-3-4-20-12-24(39)14-25(30(20)26)21-13-27-31(34-16-21)28(37-17-22-6-7-23(18-37)35-22)15-29(36-27)40-19-32(8-9-32)38-10-1-2-11-38/h3-5,12-16,22-23,35,39H,1-2,6-11,17-19H2. The van der Waals surface area contributed by atoms with Crippen LogP contribution in [0.1, 0.15) is 38.5 Å². The lowest BCUT2D eigenvalue weighted by molar-refractivity contribution is 0.138. The minimum absolute atomic E-state index is 0.179. The maximum atomic E-state index is 10.5. The van der Waals surface area contributed by atoms with Gasteiger partial charge >= 0.3 is 0 Å². The van der Waals surface area contributed by atoms with Crippen molar-refractivity contribution in [3.05, 3.63) is 53.7 Å². The molecule has 0 amide bonds. The van der Waals surface area contributed by atoms with E-state index in [9.17, 15) is 5.11 Å². The normalized spacial score (nSPS) is 23.8. The van der Waals surface area contributed by atoms with Gasteiger partial charge in [-0.3, -0.25) is 9.88 Å². The number of pyridine rings is 2. The number of hydrogen-bond donors (Lipinski definition) is 2. The quantitative estimate of drug-likeness (QED) is 0.313. The van der Waals surface area contributed by atoms with E-state index in [0.717, 1.165) is 51.7 Å². The van der Waals surface area contributed by atoms with E-state index in [4.69, 9.17) is 26.3 Å². The molecule has 0 spiro atoms. The summed E-state index contributed by atoms with van der Waals surface area (Å²) in [6.07, 6.45) is 9.29. The molecular formula is C32H34ClN5O2. The Balaban J connectivity index is 1.22. The largest absolute Gasteiger partial charge is 0.508 e. The van der Waals surface area contributed by atoms with Gasteiger partial charge in [-0.1, -0.05) is 23.7 Å². The van der Waals surface area contributed by atoms with Crippen LogP contribution < -0.4 is 15.0 Å². The second kappa shape index (κ2) is 9.47. The molecule has 4 fully saturated rings. The van der Waals surface area contributed by atoms with Crippen LogP contribution >= 0.6 is 11.6 Å². The highest BCUT2D eigenvalue weighted by molar-refractivity contribution is 6.36. The number of nitrogens with zero attached hydrogens (tertiary/aromatic N) is 4. The molecule has 206 valence electrons. The molecule has 1 saturated carbocycles. The highest BCUT2D eigenvalue weighted by atomic mass is 35.5. The fraction of sp³-hybridized carbons (Fsp3) is 0.438. The zero-order chi connectivity index (χ0) is 26.8. The summed E-state index contributed by atoms with van der Waals surface area (Å²) in [5.74, 6) is 0.861. The summed E-state index contributed by atoms with van der Waals surface area (Å²) in [5.41, 5.74) is 4.66. The number of ether oxygens (including phenoxy) is 1. The number of phenols is 1. The highest BCUT2D eigenvalue weighted by Gasteiger charge is 2.49.